The van der Waals surface area contributed by atoms with Crippen molar-refractivity contribution in [2.24, 2.45) is 5.92 Å². The third kappa shape index (κ3) is 7.37. The van der Waals surface area contributed by atoms with E-state index in [1.165, 1.54) is 44.9 Å². The van der Waals surface area contributed by atoms with Gasteiger partial charge in [0.15, 0.2) is 0 Å². The zero-order chi connectivity index (χ0) is 14.6. The predicted octanol–water partition coefficient (Wildman–Crippen LogP) is 4.00. The van der Waals surface area contributed by atoms with Gasteiger partial charge in [-0.1, -0.05) is 57.9 Å². The molecule has 111 valence electrons. The molecule has 0 N–H and O–H groups in total. The molecule has 0 heterocycles. The van der Waals surface area contributed by atoms with Gasteiger partial charge in [-0.05, 0) is 18.9 Å². The summed E-state index contributed by atoms with van der Waals surface area (Å²) in [5.41, 5.74) is 8.92. The van der Waals surface area contributed by atoms with Gasteiger partial charge >= 0.3 is 0 Å². The van der Waals surface area contributed by atoms with E-state index in [4.69, 9.17) is 10.5 Å². The number of hydrogen-bond donors (Lipinski definition) is 0. The van der Waals surface area contributed by atoms with Crippen molar-refractivity contribution in [2.45, 2.75) is 64.7 Å². The molecular formula is C17H26NO2. The van der Waals surface area contributed by atoms with Crippen LogP contribution in [0, 0.1) is 12.0 Å². The van der Waals surface area contributed by atoms with Crippen LogP contribution in [0.15, 0.2) is 17.9 Å². The lowest BCUT2D eigenvalue weighted by molar-refractivity contribution is -0.121. The average molecular weight is 276 g/mol. The van der Waals surface area contributed by atoms with E-state index in [2.05, 4.69) is 13.0 Å². The number of hydrogen-bond acceptors (Lipinski definition) is 2. The first-order valence-electron chi connectivity index (χ1n) is 7.89. The maximum absolute atomic E-state index is 10.9. The molecule has 1 aliphatic carbocycles. The molecule has 20 heavy (non-hydrogen) atoms. The number of nitrogens with zero attached hydrogens (tertiary/aromatic N) is 1. The highest BCUT2D eigenvalue weighted by Crippen LogP contribution is 2.17. The summed E-state index contributed by atoms with van der Waals surface area (Å²) in [7, 11) is 0. The zero-order valence-electron chi connectivity index (χ0n) is 12.6. The first-order chi connectivity index (χ1) is 9.74. The quantitative estimate of drug-likeness (QED) is 0.535. The van der Waals surface area contributed by atoms with Gasteiger partial charge in [-0.15, -0.1) is 5.73 Å². The van der Waals surface area contributed by atoms with Crippen molar-refractivity contribution >= 4 is 5.91 Å². The minimum atomic E-state index is -0.831. The fraction of sp³-hybridized carbons (Fsp3) is 0.706. The molecule has 0 fully saturated rings. The average Bonchev–Trinajstić information content (AvgIpc) is 2.46. The van der Waals surface area contributed by atoms with E-state index in [-0.39, 0.29) is 0 Å². The fourth-order valence-corrected chi connectivity index (χ4v) is 2.26. The Bertz CT molecular complexity index is 334. The molecule has 0 bridgehead atoms. The lowest BCUT2D eigenvalue weighted by Gasteiger charge is -2.13. The second kappa shape index (κ2) is 10.5. The van der Waals surface area contributed by atoms with Crippen molar-refractivity contribution in [2.75, 3.05) is 6.61 Å². The summed E-state index contributed by atoms with van der Waals surface area (Å²) in [6, 6.07) is 0. The third-order valence-electron chi connectivity index (χ3n) is 3.51. The standard InChI is InChI=1S/C17H26NO2/c1-2-3-4-5-6-7-8-9-13-20-16-12-10-11-15(14-16)17(18)19/h10,12,15H,2-9,11,13H2,1H3. The molecule has 0 saturated carbocycles. The maximum Gasteiger partial charge on any atom is 0.272 e. The van der Waals surface area contributed by atoms with Gasteiger partial charge in [0, 0.05) is 6.08 Å². The molecule has 3 heteroatoms. The van der Waals surface area contributed by atoms with Crippen molar-refractivity contribution in [1.29, 1.82) is 0 Å². The first-order valence-corrected chi connectivity index (χ1v) is 7.89. The highest BCUT2D eigenvalue weighted by Gasteiger charge is 2.17. The first kappa shape index (κ1) is 16.8. The molecule has 1 atom stereocenters. The summed E-state index contributed by atoms with van der Waals surface area (Å²) in [4.78, 5) is 10.9. The van der Waals surface area contributed by atoms with E-state index in [0.29, 0.717) is 18.8 Å². The maximum atomic E-state index is 10.9. The van der Waals surface area contributed by atoms with Gasteiger partial charge in [0.2, 0.25) is 0 Å². The summed E-state index contributed by atoms with van der Waals surface area (Å²) < 4.78 is 5.56. The van der Waals surface area contributed by atoms with Gasteiger partial charge in [-0.25, -0.2) is 0 Å². The van der Waals surface area contributed by atoms with E-state index < -0.39 is 11.8 Å². The van der Waals surface area contributed by atoms with Crippen LogP contribution in [0.4, 0.5) is 0 Å². The van der Waals surface area contributed by atoms with Crippen LogP contribution in [0.3, 0.4) is 0 Å². The molecule has 0 aromatic rings. The summed E-state index contributed by atoms with van der Waals surface area (Å²) in [6.07, 6.45) is 17.2. The molecule has 1 rings (SSSR count). The predicted molar refractivity (Wildman–Crippen MR) is 79.7 cm³/mol. The van der Waals surface area contributed by atoms with Gasteiger partial charge in [-0.3, -0.25) is 4.79 Å². The number of unbranched alkanes of at least 4 members (excludes halogenated alkanes) is 7. The highest BCUT2D eigenvalue weighted by atomic mass is 16.5. The van der Waals surface area contributed by atoms with E-state index in [1.54, 1.807) is 0 Å². The minimum absolute atomic E-state index is 0.514. The SMILES string of the molecule is CCCCCCCCCCOC1=[C]C(C([N])=O)CC=C1. The van der Waals surface area contributed by atoms with Crippen molar-refractivity contribution in [3.8, 4) is 0 Å². The Morgan fingerprint density at radius 1 is 1.25 bits per heavy atom. The van der Waals surface area contributed by atoms with Gasteiger partial charge < -0.3 is 4.74 Å². The van der Waals surface area contributed by atoms with Crippen LogP contribution in [-0.4, -0.2) is 12.5 Å². The number of amides is 1. The largest absolute Gasteiger partial charge is 0.493 e. The van der Waals surface area contributed by atoms with Gasteiger partial charge in [-0.2, -0.15) is 0 Å². The summed E-state index contributed by atoms with van der Waals surface area (Å²) >= 11 is 0. The number of carbonyl (C=O) groups is 1. The van der Waals surface area contributed by atoms with Crippen LogP contribution in [0.1, 0.15) is 64.7 Å². The molecular weight excluding hydrogens is 250 g/mol. The van der Waals surface area contributed by atoms with Gasteiger partial charge in [0.1, 0.15) is 5.76 Å². The van der Waals surface area contributed by atoms with Gasteiger partial charge in [0.05, 0.1) is 12.5 Å². The van der Waals surface area contributed by atoms with Crippen molar-refractivity contribution in [1.82, 2.24) is 5.73 Å². The summed E-state index contributed by atoms with van der Waals surface area (Å²) in [6.45, 7) is 2.89. The van der Waals surface area contributed by atoms with E-state index in [0.717, 1.165) is 6.42 Å². The Kier molecular flexibility index (Phi) is 8.84. The molecule has 3 nitrogen and oxygen atoms in total. The molecule has 0 aliphatic heterocycles. The fourth-order valence-electron chi connectivity index (χ4n) is 2.26. The number of ether oxygens (including phenoxy) is 1. The highest BCUT2D eigenvalue weighted by molar-refractivity contribution is 5.77. The monoisotopic (exact) mass is 276 g/mol. The van der Waals surface area contributed by atoms with E-state index in [9.17, 15) is 4.79 Å². The van der Waals surface area contributed by atoms with Crippen LogP contribution in [0.5, 0.6) is 0 Å². The lowest BCUT2D eigenvalue weighted by Crippen LogP contribution is -2.15. The molecule has 0 aromatic heterocycles. The summed E-state index contributed by atoms with van der Waals surface area (Å²) in [5, 5.41) is 0. The van der Waals surface area contributed by atoms with Crippen LogP contribution in [0.2, 0.25) is 0 Å². The Labute approximate surface area is 123 Å². The smallest absolute Gasteiger partial charge is 0.272 e. The summed E-state index contributed by atoms with van der Waals surface area (Å²) in [5.74, 6) is -0.789. The normalized spacial score (nSPS) is 17.9. The molecule has 1 aliphatic rings. The topological polar surface area (TPSA) is 48.6 Å². The second-order valence-corrected chi connectivity index (χ2v) is 5.36. The Morgan fingerprint density at radius 2 is 1.90 bits per heavy atom. The number of rotatable bonds is 11. The van der Waals surface area contributed by atoms with E-state index >= 15 is 0 Å². The molecule has 1 amide bonds. The molecule has 0 spiro atoms. The van der Waals surface area contributed by atoms with Crippen LogP contribution >= 0.6 is 0 Å². The van der Waals surface area contributed by atoms with E-state index in [1.807, 2.05) is 12.2 Å². The van der Waals surface area contributed by atoms with Gasteiger partial charge in [0.25, 0.3) is 5.91 Å². The second-order valence-electron chi connectivity index (χ2n) is 5.36. The molecule has 0 aromatic carbocycles. The third-order valence-corrected chi connectivity index (χ3v) is 3.51. The van der Waals surface area contributed by atoms with Crippen LogP contribution in [0.25, 0.3) is 0 Å². The minimum Gasteiger partial charge on any atom is -0.493 e. The van der Waals surface area contributed by atoms with Crippen molar-refractivity contribution in [3.05, 3.63) is 24.0 Å². The molecule has 3 radical (unpaired) electrons. The van der Waals surface area contributed by atoms with Crippen LogP contribution in [-0.2, 0) is 9.53 Å². The lowest BCUT2D eigenvalue weighted by atomic mass is 9.99. The Morgan fingerprint density at radius 3 is 2.55 bits per heavy atom. The Balaban J connectivity index is 2.01. The van der Waals surface area contributed by atoms with Crippen molar-refractivity contribution < 1.29 is 9.53 Å². The molecule has 1 unspecified atom stereocenters. The zero-order valence-corrected chi connectivity index (χ0v) is 12.6. The number of allylic oxidation sites excluding steroid dienone is 2. The molecule has 0 saturated heterocycles. The Hall–Kier alpha value is -1.25. The van der Waals surface area contributed by atoms with Crippen molar-refractivity contribution in [3.63, 3.8) is 0 Å². The van der Waals surface area contributed by atoms with Crippen LogP contribution < -0.4 is 5.73 Å². The number of carbonyl (C=O) groups excluding carboxylic acids is 1.